The summed E-state index contributed by atoms with van der Waals surface area (Å²) in [5.74, 6) is -3.13. The van der Waals surface area contributed by atoms with Gasteiger partial charge in [-0.15, -0.1) is 0 Å². The molecular formula is C16H15FN2O2. The van der Waals surface area contributed by atoms with Crippen molar-refractivity contribution in [3.05, 3.63) is 35.6 Å². The number of nitriles is 1. The molecule has 1 aromatic carbocycles. The Kier molecular flexibility index (Phi) is 3.46. The van der Waals surface area contributed by atoms with Crippen LogP contribution in [0.1, 0.15) is 30.7 Å². The monoisotopic (exact) mass is 286 g/mol. The number of hydrogen-bond acceptors (Lipinski definition) is 3. The molecular weight excluding hydrogens is 271 g/mol. The minimum atomic E-state index is -1.27. The summed E-state index contributed by atoms with van der Waals surface area (Å²) in [5.41, 5.74) is 0.496. The highest BCUT2D eigenvalue weighted by atomic mass is 19.1. The largest absolute Gasteiger partial charge is 0.352 e. The first-order valence-electron chi connectivity index (χ1n) is 7.10. The number of carbonyl (C=O) groups excluding carboxylic acids is 2. The number of hydrogen-bond donors (Lipinski definition) is 1. The van der Waals surface area contributed by atoms with Gasteiger partial charge in [0.2, 0.25) is 5.91 Å². The summed E-state index contributed by atoms with van der Waals surface area (Å²) in [6, 6.07) is 8.23. The van der Waals surface area contributed by atoms with E-state index in [4.69, 9.17) is 5.26 Å². The fourth-order valence-electron chi connectivity index (χ4n) is 2.61. The molecule has 3 rings (SSSR count). The van der Waals surface area contributed by atoms with Crippen molar-refractivity contribution >= 4 is 11.7 Å². The number of amides is 1. The van der Waals surface area contributed by atoms with Crippen LogP contribution in [0.2, 0.25) is 0 Å². The molecule has 108 valence electrons. The second-order valence-corrected chi connectivity index (χ2v) is 5.72. The maximum absolute atomic E-state index is 13.7. The Morgan fingerprint density at radius 3 is 2.67 bits per heavy atom. The lowest BCUT2D eigenvalue weighted by Gasteiger charge is -2.08. The second-order valence-electron chi connectivity index (χ2n) is 5.72. The molecule has 0 aliphatic heterocycles. The average Bonchev–Trinajstić information content (AvgIpc) is 3.34. The molecule has 4 nitrogen and oxygen atoms in total. The van der Waals surface area contributed by atoms with Gasteiger partial charge in [0.15, 0.2) is 11.7 Å². The van der Waals surface area contributed by atoms with Crippen molar-refractivity contribution in [3.8, 4) is 6.07 Å². The van der Waals surface area contributed by atoms with E-state index in [2.05, 4.69) is 5.32 Å². The lowest BCUT2D eigenvalue weighted by Crippen LogP contribution is -2.36. The zero-order valence-electron chi connectivity index (χ0n) is 11.4. The van der Waals surface area contributed by atoms with Crippen molar-refractivity contribution in [1.29, 1.82) is 5.26 Å². The van der Waals surface area contributed by atoms with Crippen LogP contribution in [0.15, 0.2) is 24.3 Å². The topological polar surface area (TPSA) is 70.0 Å². The van der Waals surface area contributed by atoms with Crippen LogP contribution in [0.3, 0.4) is 0 Å². The third-order valence-corrected chi connectivity index (χ3v) is 4.06. The molecule has 0 saturated heterocycles. The smallest absolute Gasteiger partial charge is 0.245 e. The number of halogens is 1. The van der Waals surface area contributed by atoms with Crippen LogP contribution in [0, 0.1) is 29.0 Å². The quantitative estimate of drug-likeness (QED) is 0.841. The number of benzene rings is 1. The first-order valence-corrected chi connectivity index (χ1v) is 7.10. The van der Waals surface area contributed by atoms with Gasteiger partial charge in [0.1, 0.15) is 5.82 Å². The van der Waals surface area contributed by atoms with Gasteiger partial charge in [-0.05, 0) is 36.8 Å². The molecule has 2 fully saturated rings. The summed E-state index contributed by atoms with van der Waals surface area (Å²) in [4.78, 5) is 24.1. The molecule has 2 aliphatic carbocycles. The Morgan fingerprint density at radius 2 is 2.05 bits per heavy atom. The standard InChI is InChI=1S/C16H15FN2O2/c17-14-4-2-1-3-10(14)11-7-12(11)15(20)13(8-18)16(21)19-9-5-6-9/h1-4,9,11-13H,5-7H2,(H,19,21)/t11-,12-,13+/m1/s1. The zero-order valence-corrected chi connectivity index (χ0v) is 11.4. The molecule has 0 bridgehead atoms. The second kappa shape index (κ2) is 5.28. The van der Waals surface area contributed by atoms with Gasteiger partial charge in [0.25, 0.3) is 0 Å². The Balaban J connectivity index is 1.67. The highest BCUT2D eigenvalue weighted by Crippen LogP contribution is 2.49. The number of ketones is 1. The third-order valence-electron chi connectivity index (χ3n) is 4.06. The van der Waals surface area contributed by atoms with E-state index in [0.717, 1.165) is 12.8 Å². The lowest BCUT2D eigenvalue weighted by atomic mass is 9.98. The van der Waals surface area contributed by atoms with E-state index in [1.165, 1.54) is 6.07 Å². The van der Waals surface area contributed by atoms with Crippen molar-refractivity contribution in [3.63, 3.8) is 0 Å². The Hall–Kier alpha value is -2.22. The predicted molar refractivity (Wildman–Crippen MR) is 72.5 cm³/mol. The molecule has 0 aromatic heterocycles. The summed E-state index contributed by atoms with van der Waals surface area (Å²) in [6.45, 7) is 0. The minimum Gasteiger partial charge on any atom is -0.352 e. The van der Waals surface area contributed by atoms with Crippen molar-refractivity contribution in [1.82, 2.24) is 5.32 Å². The third kappa shape index (κ3) is 2.80. The van der Waals surface area contributed by atoms with Gasteiger partial charge >= 0.3 is 0 Å². The predicted octanol–water partition coefficient (Wildman–Crippen LogP) is 1.92. The molecule has 0 spiro atoms. The molecule has 5 heteroatoms. The van der Waals surface area contributed by atoms with Crippen LogP contribution in [0.25, 0.3) is 0 Å². The van der Waals surface area contributed by atoms with Crippen LogP contribution in [0.4, 0.5) is 4.39 Å². The van der Waals surface area contributed by atoms with Crippen molar-refractivity contribution < 1.29 is 14.0 Å². The zero-order chi connectivity index (χ0) is 15.0. The van der Waals surface area contributed by atoms with E-state index in [0.29, 0.717) is 12.0 Å². The molecule has 2 aliphatic rings. The first-order chi connectivity index (χ1) is 10.1. The molecule has 21 heavy (non-hydrogen) atoms. The van der Waals surface area contributed by atoms with E-state index >= 15 is 0 Å². The van der Waals surface area contributed by atoms with E-state index in [-0.39, 0.29) is 23.6 Å². The average molecular weight is 286 g/mol. The van der Waals surface area contributed by atoms with Gasteiger partial charge in [-0.1, -0.05) is 18.2 Å². The van der Waals surface area contributed by atoms with Gasteiger partial charge in [0.05, 0.1) is 6.07 Å². The molecule has 1 amide bonds. The van der Waals surface area contributed by atoms with E-state index < -0.39 is 17.7 Å². The maximum atomic E-state index is 13.7. The molecule has 0 radical (unpaired) electrons. The highest BCUT2D eigenvalue weighted by Gasteiger charge is 2.49. The summed E-state index contributed by atoms with van der Waals surface area (Å²) in [6.07, 6.45) is 2.31. The summed E-state index contributed by atoms with van der Waals surface area (Å²) >= 11 is 0. The summed E-state index contributed by atoms with van der Waals surface area (Å²) in [5, 5.41) is 11.8. The van der Waals surface area contributed by atoms with E-state index in [1.807, 2.05) is 0 Å². The molecule has 0 heterocycles. The van der Waals surface area contributed by atoms with Crippen molar-refractivity contribution in [2.45, 2.75) is 31.2 Å². The molecule has 1 aromatic rings. The fourth-order valence-corrected chi connectivity index (χ4v) is 2.61. The van der Waals surface area contributed by atoms with E-state index in [1.54, 1.807) is 24.3 Å². The number of carbonyl (C=O) groups is 2. The molecule has 3 atom stereocenters. The highest BCUT2D eigenvalue weighted by molar-refractivity contribution is 6.06. The number of nitrogens with zero attached hydrogens (tertiary/aromatic N) is 1. The lowest BCUT2D eigenvalue weighted by molar-refractivity contribution is -0.132. The van der Waals surface area contributed by atoms with E-state index in [9.17, 15) is 14.0 Å². The van der Waals surface area contributed by atoms with Crippen LogP contribution in [0.5, 0.6) is 0 Å². The maximum Gasteiger partial charge on any atom is 0.245 e. The Bertz CT molecular complexity index is 633. The van der Waals surface area contributed by atoms with Gasteiger partial charge in [-0.25, -0.2) is 4.39 Å². The van der Waals surface area contributed by atoms with Crippen molar-refractivity contribution in [2.75, 3.05) is 0 Å². The summed E-state index contributed by atoms with van der Waals surface area (Å²) in [7, 11) is 0. The van der Waals surface area contributed by atoms with Crippen LogP contribution in [-0.4, -0.2) is 17.7 Å². The number of Topliss-reactive ketones (excluding diaryl/α,β-unsaturated/α-hetero) is 1. The van der Waals surface area contributed by atoms with Gasteiger partial charge < -0.3 is 5.32 Å². The molecule has 1 N–H and O–H groups in total. The summed E-state index contributed by atoms with van der Waals surface area (Å²) < 4.78 is 13.7. The Labute approximate surface area is 122 Å². The molecule has 0 unspecified atom stereocenters. The van der Waals surface area contributed by atoms with Crippen molar-refractivity contribution in [2.24, 2.45) is 11.8 Å². The Morgan fingerprint density at radius 1 is 1.33 bits per heavy atom. The van der Waals surface area contributed by atoms with Gasteiger partial charge in [-0.2, -0.15) is 5.26 Å². The van der Waals surface area contributed by atoms with Gasteiger partial charge in [-0.3, -0.25) is 9.59 Å². The SMILES string of the molecule is N#C[C@H](C(=O)NC1CC1)C(=O)[C@@H]1C[C@@H]1c1ccccc1F. The normalized spacial score (nSPS) is 24.8. The van der Waals surface area contributed by atoms with Crippen LogP contribution < -0.4 is 5.32 Å². The minimum absolute atomic E-state index is 0.114. The van der Waals surface area contributed by atoms with Crippen LogP contribution in [-0.2, 0) is 9.59 Å². The number of nitrogens with one attached hydrogen (secondary N) is 1. The first kappa shape index (κ1) is 13.7. The fraction of sp³-hybridized carbons (Fsp3) is 0.438. The molecule has 2 saturated carbocycles. The van der Waals surface area contributed by atoms with Gasteiger partial charge in [0, 0.05) is 12.0 Å². The number of rotatable bonds is 5. The van der Waals surface area contributed by atoms with Crippen LogP contribution >= 0.6 is 0 Å².